The number of esters is 1. The molecule has 1 heterocycles. The predicted octanol–water partition coefficient (Wildman–Crippen LogP) is 1.73. The fourth-order valence-corrected chi connectivity index (χ4v) is 3.45. The molecule has 0 aromatic carbocycles. The number of hydrogen-bond acceptors (Lipinski definition) is 5. The van der Waals surface area contributed by atoms with Gasteiger partial charge in [0.1, 0.15) is 0 Å². The fourth-order valence-electron chi connectivity index (χ4n) is 3.45. The summed E-state index contributed by atoms with van der Waals surface area (Å²) in [5.41, 5.74) is -0.590. The summed E-state index contributed by atoms with van der Waals surface area (Å²) < 4.78 is 10.4. The molecule has 0 spiro atoms. The van der Waals surface area contributed by atoms with Crippen LogP contribution >= 0.6 is 0 Å². The van der Waals surface area contributed by atoms with E-state index in [-0.39, 0.29) is 12.1 Å². The molecule has 1 unspecified atom stereocenters. The van der Waals surface area contributed by atoms with Gasteiger partial charge in [0.05, 0.1) is 25.2 Å². The molecule has 1 N–H and O–H groups in total. The minimum atomic E-state index is -0.590. The van der Waals surface area contributed by atoms with Crippen molar-refractivity contribution in [2.24, 2.45) is 0 Å². The van der Waals surface area contributed by atoms with Crippen LogP contribution < -0.4 is 0 Å². The lowest BCUT2D eigenvalue weighted by atomic mass is 9.84. The first-order valence-electron chi connectivity index (χ1n) is 8.24. The Hall–Kier alpha value is -0.650. The van der Waals surface area contributed by atoms with Gasteiger partial charge in [0.25, 0.3) is 0 Å². The highest BCUT2D eigenvalue weighted by molar-refractivity contribution is 5.69. The maximum atomic E-state index is 11.4. The number of ether oxygens (including phenoxy) is 2. The molecule has 1 saturated carbocycles. The first-order chi connectivity index (χ1) is 10.1. The Labute approximate surface area is 127 Å². The molecule has 2 aliphatic rings. The molecule has 0 amide bonds. The number of carbonyl (C=O) groups excluding carboxylic acids is 1. The van der Waals surface area contributed by atoms with E-state index < -0.39 is 5.60 Å². The van der Waals surface area contributed by atoms with Gasteiger partial charge < -0.3 is 14.6 Å². The molecule has 1 atom stereocenters. The predicted molar refractivity (Wildman–Crippen MR) is 80.1 cm³/mol. The van der Waals surface area contributed by atoms with Gasteiger partial charge in [-0.25, -0.2) is 0 Å². The Morgan fingerprint density at radius 3 is 2.71 bits per heavy atom. The van der Waals surface area contributed by atoms with Crippen LogP contribution in [0.5, 0.6) is 0 Å². The smallest absolute Gasteiger partial charge is 0.306 e. The SMILES string of the molecule is COC(=O)CCN(CC1CCCO1)CC1(O)CCCCC1. The zero-order valence-corrected chi connectivity index (χ0v) is 13.2. The quantitative estimate of drug-likeness (QED) is 0.726. The van der Waals surface area contributed by atoms with Crippen molar-refractivity contribution in [2.75, 3.05) is 33.4 Å². The van der Waals surface area contributed by atoms with Crippen molar-refractivity contribution < 1.29 is 19.4 Å². The van der Waals surface area contributed by atoms with Gasteiger partial charge in [-0.3, -0.25) is 9.69 Å². The first-order valence-corrected chi connectivity index (χ1v) is 8.24. The van der Waals surface area contributed by atoms with Crippen LogP contribution in [0.2, 0.25) is 0 Å². The van der Waals surface area contributed by atoms with E-state index in [1.165, 1.54) is 13.5 Å². The first kappa shape index (κ1) is 16.7. The van der Waals surface area contributed by atoms with Crippen LogP contribution in [0.4, 0.5) is 0 Å². The van der Waals surface area contributed by atoms with E-state index in [1.54, 1.807) is 0 Å². The molecule has 1 saturated heterocycles. The fraction of sp³-hybridized carbons (Fsp3) is 0.938. The Morgan fingerprint density at radius 1 is 1.33 bits per heavy atom. The Balaban J connectivity index is 1.87. The Kier molecular flexibility index (Phi) is 6.45. The maximum Gasteiger partial charge on any atom is 0.306 e. The van der Waals surface area contributed by atoms with Crippen molar-refractivity contribution in [2.45, 2.75) is 63.1 Å². The average molecular weight is 299 g/mol. The normalized spacial score (nSPS) is 25.2. The molecule has 0 bridgehead atoms. The van der Waals surface area contributed by atoms with Crippen LogP contribution in [0.15, 0.2) is 0 Å². The van der Waals surface area contributed by atoms with E-state index in [4.69, 9.17) is 9.47 Å². The lowest BCUT2D eigenvalue weighted by molar-refractivity contribution is -0.141. The molecule has 1 aliphatic carbocycles. The molecule has 1 aliphatic heterocycles. The summed E-state index contributed by atoms with van der Waals surface area (Å²) in [6, 6.07) is 0. The van der Waals surface area contributed by atoms with E-state index in [0.29, 0.717) is 19.5 Å². The molecular formula is C16H29NO4. The lowest BCUT2D eigenvalue weighted by Gasteiger charge is -2.37. The third-order valence-corrected chi connectivity index (χ3v) is 4.65. The van der Waals surface area contributed by atoms with E-state index in [1.807, 2.05) is 0 Å². The minimum absolute atomic E-state index is 0.192. The van der Waals surface area contributed by atoms with E-state index in [2.05, 4.69) is 4.90 Å². The molecule has 2 rings (SSSR count). The zero-order valence-electron chi connectivity index (χ0n) is 13.2. The second-order valence-electron chi connectivity index (χ2n) is 6.48. The van der Waals surface area contributed by atoms with Crippen LogP contribution in [0, 0.1) is 0 Å². The number of carbonyl (C=O) groups is 1. The van der Waals surface area contributed by atoms with Crippen molar-refractivity contribution in [3.63, 3.8) is 0 Å². The summed E-state index contributed by atoms with van der Waals surface area (Å²) in [4.78, 5) is 13.6. The summed E-state index contributed by atoms with van der Waals surface area (Å²) in [6.07, 6.45) is 7.96. The van der Waals surface area contributed by atoms with E-state index in [0.717, 1.165) is 51.7 Å². The van der Waals surface area contributed by atoms with Crippen LogP contribution in [0.25, 0.3) is 0 Å². The Morgan fingerprint density at radius 2 is 2.10 bits per heavy atom. The molecule has 21 heavy (non-hydrogen) atoms. The van der Waals surface area contributed by atoms with Crippen molar-refractivity contribution in [1.29, 1.82) is 0 Å². The van der Waals surface area contributed by atoms with E-state index in [9.17, 15) is 9.90 Å². The highest BCUT2D eigenvalue weighted by Crippen LogP contribution is 2.29. The van der Waals surface area contributed by atoms with Gasteiger partial charge >= 0.3 is 5.97 Å². The van der Waals surface area contributed by atoms with Crippen molar-refractivity contribution >= 4 is 5.97 Å². The van der Waals surface area contributed by atoms with Gasteiger partial charge in [-0.2, -0.15) is 0 Å². The zero-order chi connectivity index (χ0) is 15.1. The summed E-state index contributed by atoms with van der Waals surface area (Å²) in [5, 5.41) is 10.7. The monoisotopic (exact) mass is 299 g/mol. The molecule has 2 fully saturated rings. The second kappa shape index (κ2) is 8.11. The highest BCUT2D eigenvalue weighted by Gasteiger charge is 2.32. The molecule has 0 aromatic rings. The molecule has 5 heteroatoms. The molecule has 0 aromatic heterocycles. The summed E-state index contributed by atoms with van der Waals surface area (Å²) in [7, 11) is 1.42. The lowest BCUT2D eigenvalue weighted by Crippen LogP contribution is -2.47. The van der Waals surface area contributed by atoms with Gasteiger partial charge in [0, 0.05) is 26.2 Å². The van der Waals surface area contributed by atoms with Crippen LogP contribution in [0.3, 0.4) is 0 Å². The molecule has 0 radical (unpaired) electrons. The van der Waals surface area contributed by atoms with E-state index >= 15 is 0 Å². The Bertz CT molecular complexity index is 322. The number of methoxy groups -OCH3 is 1. The van der Waals surface area contributed by atoms with Gasteiger partial charge in [-0.05, 0) is 25.7 Å². The summed E-state index contributed by atoms with van der Waals surface area (Å²) >= 11 is 0. The standard InChI is InChI=1S/C16H29NO4/c1-20-15(18)7-10-17(12-14-6-5-11-21-14)13-16(19)8-3-2-4-9-16/h14,19H,2-13H2,1H3. The number of aliphatic hydroxyl groups is 1. The van der Waals surface area contributed by atoms with Crippen molar-refractivity contribution in [3.8, 4) is 0 Å². The third-order valence-electron chi connectivity index (χ3n) is 4.65. The summed E-state index contributed by atoms with van der Waals surface area (Å²) in [5.74, 6) is -0.192. The second-order valence-corrected chi connectivity index (χ2v) is 6.48. The van der Waals surface area contributed by atoms with Crippen LogP contribution in [-0.2, 0) is 14.3 Å². The van der Waals surface area contributed by atoms with Gasteiger partial charge in [-0.1, -0.05) is 19.3 Å². The largest absolute Gasteiger partial charge is 0.469 e. The van der Waals surface area contributed by atoms with Crippen LogP contribution in [-0.4, -0.2) is 61.0 Å². The van der Waals surface area contributed by atoms with Gasteiger partial charge in [0.2, 0.25) is 0 Å². The van der Waals surface area contributed by atoms with Crippen molar-refractivity contribution in [3.05, 3.63) is 0 Å². The third kappa shape index (κ3) is 5.57. The average Bonchev–Trinajstić information content (AvgIpc) is 2.97. The topological polar surface area (TPSA) is 59.0 Å². The molecule has 122 valence electrons. The molecule has 5 nitrogen and oxygen atoms in total. The van der Waals surface area contributed by atoms with Gasteiger partial charge in [-0.15, -0.1) is 0 Å². The van der Waals surface area contributed by atoms with Crippen LogP contribution in [0.1, 0.15) is 51.4 Å². The van der Waals surface area contributed by atoms with Gasteiger partial charge in [0.15, 0.2) is 0 Å². The highest BCUT2D eigenvalue weighted by atomic mass is 16.5. The summed E-state index contributed by atoms with van der Waals surface area (Å²) in [6.45, 7) is 2.91. The number of rotatable bonds is 7. The minimum Gasteiger partial charge on any atom is -0.469 e. The maximum absolute atomic E-state index is 11.4. The number of nitrogens with zero attached hydrogens (tertiary/aromatic N) is 1. The molecular weight excluding hydrogens is 270 g/mol. The van der Waals surface area contributed by atoms with Crippen molar-refractivity contribution in [1.82, 2.24) is 4.90 Å². The number of hydrogen-bond donors (Lipinski definition) is 1.